The third-order valence-electron chi connectivity index (χ3n) is 5.01. The third-order valence-corrected chi connectivity index (χ3v) is 6.15. The molecule has 6 nitrogen and oxygen atoms in total. The number of anilines is 1. The number of nitrogens with zero attached hydrogens (tertiary/aromatic N) is 1. The number of rotatable bonds is 10. The van der Waals surface area contributed by atoms with E-state index in [1.165, 1.54) is 0 Å². The van der Waals surface area contributed by atoms with Crippen LogP contribution in [-0.4, -0.2) is 27.1 Å². The minimum absolute atomic E-state index is 0.182. The molecule has 3 aromatic carbocycles. The van der Waals surface area contributed by atoms with Crippen molar-refractivity contribution < 1.29 is 17.9 Å². The first-order valence-electron chi connectivity index (χ1n) is 10.5. The second-order valence-electron chi connectivity index (χ2n) is 7.48. The molecule has 1 amide bonds. The molecule has 1 atom stereocenters. The normalized spacial score (nSPS) is 12.1. The summed E-state index contributed by atoms with van der Waals surface area (Å²) in [7, 11) is -3.66. The van der Waals surface area contributed by atoms with Gasteiger partial charge in [0.25, 0.3) is 0 Å². The predicted octanol–water partition coefficient (Wildman–Crippen LogP) is 4.30. The first kappa shape index (κ1) is 23.3. The number of sulfonamides is 1. The molecule has 0 spiro atoms. The fourth-order valence-corrected chi connectivity index (χ4v) is 4.18. The second kappa shape index (κ2) is 10.8. The van der Waals surface area contributed by atoms with E-state index in [4.69, 9.17) is 4.74 Å². The average molecular weight is 453 g/mol. The standard InChI is InChI=1S/C25H28N2O4S/c1-3-24(21-12-8-5-9-13-21)26-25(28)18-27(32(2,29)30)22-14-16-23(17-15-22)31-19-20-10-6-4-7-11-20/h4-17,24H,3,18-19H2,1-2H3,(H,26,28)/t24-/m0/s1. The number of amides is 1. The number of carbonyl (C=O) groups excluding carboxylic acids is 1. The maximum absolute atomic E-state index is 12.7. The average Bonchev–Trinajstić information content (AvgIpc) is 2.80. The van der Waals surface area contributed by atoms with Gasteiger partial charge in [-0.2, -0.15) is 0 Å². The molecule has 168 valence electrons. The number of hydrogen-bond donors (Lipinski definition) is 1. The van der Waals surface area contributed by atoms with E-state index in [1.807, 2.05) is 67.6 Å². The van der Waals surface area contributed by atoms with E-state index >= 15 is 0 Å². The lowest BCUT2D eigenvalue weighted by atomic mass is 10.0. The fourth-order valence-electron chi connectivity index (χ4n) is 3.33. The van der Waals surface area contributed by atoms with Crippen molar-refractivity contribution in [1.82, 2.24) is 5.32 Å². The molecule has 1 N–H and O–H groups in total. The third kappa shape index (κ3) is 6.59. The van der Waals surface area contributed by atoms with E-state index in [9.17, 15) is 13.2 Å². The van der Waals surface area contributed by atoms with Crippen LogP contribution < -0.4 is 14.4 Å². The molecule has 0 saturated carbocycles. The van der Waals surface area contributed by atoms with Crippen LogP contribution in [0.5, 0.6) is 5.75 Å². The maximum atomic E-state index is 12.7. The Kier molecular flexibility index (Phi) is 7.89. The van der Waals surface area contributed by atoms with E-state index < -0.39 is 10.0 Å². The van der Waals surface area contributed by atoms with Crippen molar-refractivity contribution >= 4 is 21.6 Å². The van der Waals surface area contributed by atoms with Crippen LogP contribution >= 0.6 is 0 Å². The zero-order chi connectivity index (χ0) is 23.0. The molecule has 0 heterocycles. The molecule has 0 fully saturated rings. The number of carbonyl (C=O) groups is 1. The van der Waals surface area contributed by atoms with Crippen LogP contribution in [-0.2, 0) is 21.4 Å². The van der Waals surface area contributed by atoms with Gasteiger partial charge in [-0.3, -0.25) is 9.10 Å². The van der Waals surface area contributed by atoms with Crippen LogP contribution in [0, 0.1) is 0 Å². The van der Waals surface area contributed by atoms with Gasteiger partial charge in [-0.05, 0) is 41.8 Å². The van der Waals surface area contributed by atoms with E-state index in [0.717, 1.165) is 21.7 Å². The van der Waals surface area contributed by atoms with Crippen molar-refractivity contribution in [3.8, 4) is 5.75 Å². The molecule has 3 rings (SSSR count). The molecule has 0 bridgehead atoms. The minimum Gasteiger partial charge on any atom is -0.489 e. The Morgan fingerprint density at radius 3 is 2.09 bits per heavy atom. The summed E-state index contributed by atoms with van der Waals surface area (Å²) in [4.78, 5) is 12.7. The Balaban J connectivity index is 1.67. The highest BCUT2D eigenvalue weighted by Crippen LogP contribution is 2.23. The molecule has 0 radical (unpaired) electrons. The molecule has 0 aliphatic carbocycles. The van der Waals surface area contributed by atoms with Crippen molar-refractivity contribution in [1.29, 1.82) is 0 Å². The Bertz CT molecular complexity index is 1100. The predicted molar refractivity (Wildman–Crippen MR) is 127 cm³/mol. The van der Waals surface area contributed by atoms with E-state index in [1.54, 1.807) is 24.3 Å². The summed E-state index contributed by atoms with van der Waals surface area (Å²) < 4.78 is 31.7. The molecule has 0 aliphatic heterocycles. The lowest BCUT2D eigenvalue weighted by Gasteiger charge is -2.24. The molecule has 0 aliphatic rings. The van der Waals surface area contributed by atoms with Gasteiger partial charge in [0.1, 0.15) is 18.9 Å². The number of benzene rings is 3. The first-order valence-corrected chi connectivity index (χ1v) is 12.3. The molecular weight excluding hydrogens is 424 g/mol. The van der Waals surface area contributed by atoms with E-state index in [2.05, 4.69) is 5.32 Å². The minimum atomic E-state index is -3.66. The summed E-state index contributed by atoms with van der Waals surface area (Å²) in [6.45, 7) is 2.09. The van der Waals surface area contributed by atoms with Crippen LogP contribution in [0.3, 0.4) is 0 Å². The largest absolute Gasteiger partial charge is 0.489 e. The maximum Gasteiger partial charge on any atom is 0.241 e. The van der Waals surface area contributed by atoms with Gasteiger partial charge in [0.2, 0.25) is 15.9 Å². The highest BCUT2D eigenvalue weighted by Gasteiger charge is 2.22. The van der Waals surface area contributed by atoms with Gasteiger partial charge in [0.15, 0.2) is 0 Å². The summed E-state index contributed by atoms with van der Waals surface area (Å²) in [6.07, 6.45) is 1.79. The molecule has 0 unspecified atom stereocenters. The van der Waals surface area contributed by atoms with Crippen LogP contribution in [0.25, 0.3) is 0 Å². The molecule has 0 saturated heterocycles. The SMILES string of the molecule is CC[C@H](NC(=O)CN(c1ccc(OCc2ccccc2)cc1)S(C)(=O)=O)c1ccccc1. The molecular formula is C25H28N2O4S. The highest BCUT2D eigenvalue weighted by molar-refractivity contribution is 7.92. The Hall–Kier alpha value is -3.32. The quantitative estimate of drug-likeness (QED) is 0.498. The summed E-state index contributed by atoms with van der Waals surface area (Å²) >= 11 is 0. The van der Waals surface area contributed by atoms with Crippen molar-refractivity contribution in [3.63, 3.8) is 0 Å². The Morgan fingerprint density at radius 1 is 0.938 bits per heavy atom. The van der Waals surface area contributed by atoms with Gasteiger partial charge >= 0.3 is 0 Å². The van der Waals surface area contributed by atoms with E-state index in [0.29, 0.717) is 24.5 Å². The van der Waals surface area contributed by atoms with Crippen LogP contribution in [0.2, 0.25) is 0 Å². The van der Waals surface area contributed by atoms with Crippen molar-refractivity contribution in [2.45, 2.75) is 26.0 Å². The van der Waals surface area contributed by atoms with Gasteiger partial charge in [0, 0.05) is 0 Å². The molecule has 7 heteroatoms. The van der Waals surface area contributed by atoms with Crippen molar-refractivity contribution in [2.75, 3.05) is 17.1 Å². The van der Waals surface area contributed by atoms with Crippen molar-refractivity contribution in [2.24, 2.45) is 0 Å². The van der Waals surface area contributed by atoms with Gasteiger partial charge < -0.3 is 10.1 Å². The van der Waals surface area contributed by atoms with Gasteiger partial charge in [0.05, 0.1) is 18.0 Å². The molecule has 3 aromatic rings. The zero-order valence-corrected chi connectivity index (χ0v) is 19.1. The Morgan fingerprint density at radius 2 is 1.53 bits per heavy atom. The van der Waals surface area contributed by atoms with Crippen molar-refractivity contribution in [3.05, 3.63) is 96.1 Å². The van der Waals surface area contributed by atoms with Crippen LogP contribution in [0.15, 0.2) is 84.9 Å². The summed E-state index contributed by atoms with van der Waals surface area (Å²) in [6, 6.07) is 25.9. The van der Waals surface area contributed by atoms with E-state index in [-0.39, 0.29) is 18.5 Å². The molecule has 32 heavy (non-hydrogen) atoms. The first-order chi connectivity index (χ1) is 15.4. The summed E-state index contributed by atoms with van der Waals surface area (Å²) in [5.74, 6) is 0.251. The smallest absolute Gasteiger partial charge is 0.241 e. The number of hydrogen-bond acceptors (Lipinski definition) is 4. The van der Waals surface area contributed by atoms with Crippen LogP contribution in [0.1, 0.15) is 30.5 Å². The fraction of sp³-hybridized carbons (Fsp3) is 0.240. The topological polar surface area (TPSA) is 75.7 Å². The van der Waals surface area contributed by atoms with Gasteiger partial charge in [-0.1, -0.05) is 67.6 Å². The summed E-state index contributed by atoms with van der Waals surface area (Å²) in [5, 5.41) is 2.94. The lowest BCUT2D eigenvalue weighted by Crippen LogP contribution is -2.41. The monoisotopic (exact) mass is 452 g/mol. The lowest BCUT2D eigenvalue weighted by molar-refractivity contribution is -0.120. The Labute approximate surface area is 189 Å². The van der Waals surface area contributed by atoms with Gasteiger partial charge in [-0.15, -0.1) is 0 Å². The summed E-state index contributed by atoms with van der Waals surface area (Å²) in [5.41, 5.74) is 2.42. The van der Waals surface area contributed by atoms with Gasteiger partial charge in [-0.25, -0.2) is 8.42 Å². The van der Waals surface area contributed by atoms with Crippen LogP contribution in [0.4, 0.5) is 5.69 Å². The number of ether oxygens (including phenoxy) is 1. The highest BCUT2D eigenvalue weighted by atomic mass is 32.2. The molecule has 0 aromatic heterocycles. The zero-order valence-electron chi connectivity index (χ0n) is 18.3. The number of nitrogens with one attached hydrogen (secondary N) is 1. The second-order valence-corrected chi connectivity index (χ2v) is 9.38.